The number of thiazole rings is 1. The molecular formula is C16H14N2O3S. The molecule has 1 aliphatic heterocycles. The zero-order valence-electron chi connectivity index (χ0n) is 12.2. The van der Waals surface area contributed by atoms with Gasteiger partial charge in [0.25, 0.3) is 0 Å². The molecule has 3 rings (SSSR count). The van der Waals surface area contributed by atoms with Crippen LogP contribution in [0.1, 0.15) is 23.2 Å². The summed E-state index contributed by atoms with van der Waals surface area (Å²) in [5, 5.41) is 2.81. The van der Waals surface area contributed by atoms with Crippen molar-refractivity contribution in [1.82, 2.24) is 4.98 Å². The highest BCUT2D eigenvalue weighted by atomic mass is 32.1. The summed E-state index contributed by atoms with van der Waals surface area (Å²) in [6.07, 6.45) is 1.63. The molecule has 112 valence electrons. The Kier molecular flexibility index (Phi) is 4.02. The molecule has 1 aromatic heterocycles. The molecule has 1 aliphatic rings. The van der Waals surface area contributed by atoms with Gasteiger partial charge in [-0.25, -0.2) is 14.8 Å². The molecule has 0 N–H and O–H groups in total. The molecule has 0 radical (unpaired) electrons. The van der Waals surface area contributed by atoms with E-state index in [9.17, 15) is 4.79 Å². The number of benzene rings is 1. The van der Waals surface area contributed by atoms with Crippen LogP contribution < -0.4 is 4.74 Å². The van der Waals surface area contributed by atoms with E-state index in [0.29, 0.717) is 18.2 Å². The number of aromatic nitrogens is 1. The summed E-state index contributed by atoms with van der Waals surface area (Å²) in [7, 11) is 0. The van der Waals surface area contributed by atoms with Crippen molar-refractivity contribution in [2.24, 2.45) is 4.99 Å². The molecule has 1 aromatic carbocycles. The van der Waals surface area contributed by atoms with Crippen molar-refractivity contribution in [3.63, 3.8) is 0 Å². The highest BCUT2D eigenvalue weighted by Gasteiger charge is 2.24. The van der Waals surface area contributed by atoms with Gasteiger partial charge in [-0.3, -0.25) is 0 Å². The minimum Gasteiger partial charge on any atom is -0.494 e. The zero-order chi connectivity index (χ0) is 15.5. The van der Waals surface area contributed by atoms with Crippen LogP contribution >= 0.6 is 11.3 Å². The first-order valence-electron chi connectivity index (χ1n) is 6.83. The quantitative estimate of drug-likeness (QED) is 0.642. The van der Waals surface area contributed by atoms with Gasteiger partial charge in [-0.1, -0.05) is 0 Å². The van der Waals surface area contributed by atoms with Crippen molar-refractivity contribution >= 4 is 29.3 Å². The number of esters is 1. The highest BCUT2D eigenvalue weighted by Crippen LogP contribution is 2.21. The first-order valence-corrected chi connectivity index (χ1v) is 7.71. The smallest absolute Gasteiger partial charge is 0.363 e. The van der Waals surface area contributed by atoms with Gasteiger partial charge in [0.2, 0.25) is 5.90 Å². The van der Waals surface area contributed by atoms with Crippen LogP contribution in [0.2, 0.25) is 0 Å². The van der Waals surface area contributed by atoms with Crippen molar-refractivity contribution in [2.45, 2.75) is 13.8 Å². The lowest BCUT2D eigenvalue weighted by atomic mass is 10.2. The number of hydrogen-bond acceptors (Lipinski definition) is 6. The van der Waals surface area contributed by atoms with Gasteiger partial charge in [0, 0.05) is 10.9 Å². The van der Waals surface area contributed by atoms with Crippen LogP contribution in [0.25, 0.3) is 6.08 Å². The SMILES string of the molecule is CCOc1ccc(C2=N/C(=C\c3csc(C)n3)C(=O)O2)cc1. The topological polar surface area (TPSA) is 60.8 Å². The summed E-state index contributed by atoms with van der Waals surface area (Å²) in [6, 6.07) is 7.27. The number of hydrogen-bond donors (Lipinski definition) is 0. The number of aliphatic imine (C=N–C) groups is 1. The monoisotopic (exact) mass is 314 g/mol. The summed E-state index contributed by atoms with van der Waals surface area (Å²) in [5.74, 6) is 0.602. The zero-order valence-corrected chi connectivity index (χ0v) is 13.0. The average molecular weight is 314 g/mol. The second-order valence-electron chi connectivity index (χ2n) is 4.58. The van der Waals surface area contributed by atoms with E-state index in [0.717, 1.165) is 16.3 Å². The van der Waals surface area contributed by atoms with Crippen molar-refractivity contribution < 1.29 is 14.3 Å². The Balaban J connectivity index is 1.84. The van der Waals surface area contributed by atoms with Crippen molar-refractivity contribution in [1.29, 1.82) is 0 Å². The molecule has 2 heterocycles. The molecule has 6 heteroatoms. The van der Waals surface area contributed by atoms with E-state index in [-0.39, 0.29) is 5.70 Å². The Hall–Kier alpha value is -2.47. The fourth-order valence-electron chi connectivity index (χ4n) is 1.98. The third-order valence-corrected chi connectivity index (χ3v) is 3.75. The van der Waals surface area contributed by atoms with Crippen LogP contribution in [-0.2, 0) is 9.53 Å². The largest absolute Gasteiger partial charge is 0.494 e. The van der Waals surface area contributed by atoms with E-state index in [1.165, 1.54) is 11.3 Å². The number of ether oxygens (including phenoxy) is 2. The molecule has 0 saturated heterocycles. The van der Waals surface area contributed by atoms with Gasteiger partial charge in [-0.15, -0.1) is 11.3 Å². The maximum atomic E-state index is 11.9. The molecule has 22 heavy (non-hydrogen) atoms. The molecule has 5 nitrogen and oxygen atoms in total. The Bertz CT molecular complexity index is 760. The van der Waals surface area contributed by atoms with E-state index in [1.807, 2.05) is 43.5 Å². The molecule has 0 aliphatic carbocycles. The normalized spacial score (nSPS) is 15.8. The number of carbonyl (C=O) groups excluding carboxylic acids is 1. The Labute approximate surface area is 131 Å². The number of nitrogens with zero attached hydrogens (tertiary/aromatic N) is 2. The van der Waals surface area contributed by atoms with E-state index < -0.39 is 5.97 Å². The minimum atomic E-state index is -0.463. The predicted molar refractivity (Wildman–Crippen MR) is 85.1 cm³/mol. The molecule has 0 bridgehead atoms. The molecule has 0 atom stereocenters. The molecule has 2 aromatic rings. The molecule has 0 unspecified atom stereocenters. The molecule has 0 fully saturated rings. The first-order chi connectivity index (χ1) is 10.7. The molecule has 0 spiro atoms. The summed E-state index contributed by atoms with van der Waals surface area (Å²) in [5.41, 5.74) is 1.70. The number of carbonyl (C=O) groups is 1. The van der Waals surface area contributed by atoms with Crippen LogP contribution in [0.3, 0.4) is 0 Å². The number of rotatable bonds is 4. The first kappa shape index (κ1) is 14.5. The van der Waals surface area contributed by atoms with Gasteiger partial charge in [-0.2, -0.15) is 0 Å². The summed E-state index contributed by atoms with van der Waals surface area (Å²) >= 11 is 1.52. The van der Waals surface area contributed by atoms with Gasteiger partial charge >= 0.3 is 5.97 Å². The van der Waals surface area contributed by atoms with Crippen molar-refractivity contribution in [3.05, 3.63) is 51.6 Å². The third-order valence-electron chi connectivity index (χ3n) is 2.95. The fraction of sp³-hybridized carbons (Fsp3) is 0.188. The lowest BCUT2D eigenvalue weighted by molar-refractivity contribution is -0.129. The van der Waals surface area contributed by atoms with E-state index in [1.54, 1.807) is 6.08 Å². The second kappa shape index (κ2) is 6.11. The second-order valence-corrected chi connectivity index (χ2v) is 5.65. The molecular weight excluding hydrogens is 300 g/mol. The van der Waals surface area contributed by atoms with Crippen molar-refractivity contribution in [2.75, 3.05) is 6.61 Å². The Morgan fingerprint density at radius 2 is 2.09 bits per heavy atom. The minimum absolute atomic E-state index is 0.259. The lowest BCUT2D eigenvalue weighted by Gasteiger charge is -2.03. The van der Waals surface area contributed by atoms with Gasteiger partial charge in [0.05, 0.1) is 17.3 Å². The van der Waals surface area contributed by atoms with Gasteiger partial charge in [0.15, 0.2) is 5.70 Å². The summed E-state index contributed by atoms with van der Waals surface area (Å²) in [6.45, 7) is 4.44. The Morgan fingerprint density at radius 1 is 1.32 bits per heavy atom. The van der Waals surface area contributed by atoms with Gasteiger partial charge < -0.3 is 9.47 Å². The molecule has 0 amide bonds. The third kappa shape index (κ3) is 3.07. The standard InChI is InChI=1S/C16H14N2O3S/c1-3-20-13-6-4-11(5-7-13)15-18-14(16(19)21-15)8-12-9-22-10(2)17-12/h4-9H,3H2,1-2H3/b14-8-. The van der Waals surface area contributed by atoms with Crippen LogP contribution in [0.5, 0.6) is 5.75 Å². The van der Waals surface area contributed by atoms with E-state index in [4.69, 9.17) is 9.47 Å². The Morgan fingerprint density at radius 3 is 2.73 bits per heavy atom. The van der Waals surface area contributed by atoms with Crippen LogP contribution in [0.15, 0.2) is 40.3 Å². The molecule has 0 saturated carbocycles. The van der Waals surface area contributed by atoms with Crippen molar-refractivity contribution in [3.8, 4) is 5.75 Å². The highest BCUT2D eigenvalue weighted by molar-refractivity contribution is 7.09. The van der Waals surface area contributed by atoms with Crippen LogP contribution in [-0.4, -0.2) is 23.5 Å². The van der Waals surface area contributed by atoms with Crippen LogP contribution in [0.4, 0.5) is 0 Å². The van der Waals surface area contributed by atoms with Gasteiger partial charge in [-0.05, 0) is 44.2 Å². The maximum absolute atomic E-state index is 11.9. The lowest BCUT2D eigenvalue weighted by Crippen LogP contribution is -2.05. The maximum Gasteiger partial charge on any atom is 0.363 e. The number of aryl methyl sites for hydroxylation is 1. The van der Waals surface area contributed by atoms with E-state index >= 15 is 0 Å². The summed E-state index contributed by atoms with van der Waals surface area (Å²) in [4.78, 5) is 20.4. The average Bonchev–Trinajstić information content (AvgIpc) is 3.07. The summed E-state index contributed by atoms with van der Waals surface area (Å²) < 4.78 is 10.6. The number of cyclic esters (lactones) is 1. The van der Waals surface area contributed by atoms with Crippen LogP contribution in [0, 0.1) is 6.92 Å². The van der Waals surface area contributed by atoms with Gasteiger partial charge in [0.1, 0.15) is 5.75 Å². The van der Waals surface area contributed by atoms with E-state index in [2.05, 4.69) is 9.98 Å². The predicted octanol–water partition coefficient (Wildman–Crippen LogP) is 3.19. The fourth-order valence-corrected chi connectivity index (χ4v) is 2.55.